The van der Waals surface area contributed by atoms with Gasteiger partial charge in [-0.2, -0.15) is 11.8 Å². The summed E-state index contributed by atoms with van der Waals surface area (Å²) in [4.78, 5) is 22.0. The number of aryl methyl sites for hydroxylation is 1. The molecule has 18 heavy (non-hydrogen) atoms. The highest BCUT2D eigenvalue weighted by Gasteiger charge is 2.03. The van der Waals surface area contributed by atoms with Crippen LogP contribution in [0.5, 0.6) is 0 Å². The van der Waals surface area contributed by atoms with Gasteiger partial charge < -0.3 is 10.4 Å². The maximum Gasteiger partial charge on any atom is 0.303 e. The van der Waals surface area contributed by atoms with Crippen LogP contribution in [0.25, 0.3) is 0 Å². The molecule has 0 spiro atoms. The van der Waals surface area contributed by atoms with E-state index in [0.29, 0.717) is 12.8 Å². The Bertz CT molecular complexity index is 420. The fourth-order valence-corrected chi connectivity index (χ4v) is 1.86. The first kappa shape index (κ1) is 14.6. The van der Waals surface area contributed by atoms with Crippen molar-refractivity contribution in [1.29, 1.82) is 0 Å². The third-order valence-electron chi connectivity index (χ3n) is 2.37. The van der Waals surface area contributed by atoms with Gasteiger partial charge in [-0.15, -0.1) is 0 Å². The molecule has 0 saturated carbocycles. The number of hydrogen-bond donors (Lipinski definition) is 2. The van der Waals surface area contributed by atoms with Gasteiger partial charge in [0.2, 0.25) is 5.91 Å². The van der Waals surface area contributed by atoms with Crippen LogP contribution >= 0.6 is 11.8 Å². The number of rotatable bonds is 7. The first-order valence-electron chi connectivity index (χ1n) is 5.71. The Balaban J connectivity index is 2.53. The molecule has 0 fully saturated rings. The first-order chi connectivity index (χ1) is 8.61. The zero-order valence-electron chi connectivity index (χ0n) is 10.3. The van der Waals surface area contributed by atoms with E-state index >= 15 is 0 Å². The maximum absolute atomic E-state index is 11.5. The van der Waals surface area contributed by atoms with Crippen molar-refractivity contribution in [2.75, 3.05) is 17.3 Å². The van der Waals surface area contributed by atoms with Crippen molar-refractivity contribution >= 4 is 29.3 Å². The van der Waals surface area contributed by atoms with E-state index in [1.165, 1.54) is 0 Å². The van der Waals surface area contributed by atoms with Gasteiger partial charge in [-0.3, -0.25) is 9.59 Å². The van der Waals surface area contributed by atoms with Gasteiger partial charge in [-0.05, 0) is 30.4 Å². The Labute approximate surface area is 111 Å². The number of anilines is 1. The molecule has 1 aromatic carbocycles. The highest BCUT2D eigenvalue weighted by atomic mass is 32.2. The summed E-state index contributed by atoms with van der Waals surface area (Å²) in [6, 6.07) is 7.31. The monoisotopic (exact) mass is 267 g/mol. The topological polar surface area (TPSA) is 66.4 Å². The standard InChI is InChI=1S/C13H17NO3S/c1-18-8-7-12(15)14-11-4-2-3-10(9-11)5-6-13(16)17/h2-4,9H,5-8H2,1H3,(H,14,15)(H,16,17). The minimum absolute atomic E-state index is 0.0141. The number of carbonyl (C=O) groups excluding carboxylic acids is 1. The minimum atomic E-state index is -0.815. The molecule has 1 amide bonds. The predicted molar refractivity (Wildman–Crippen MR) is 74.0 cm³/mol. The number of carbonyl (C=O) groups is 2. The quantitative estimate of drug-likeness (QED) is 0.796. The average Bonchev–Trinajstić information content (AvgIpc) is 2.34. The number of thioether (sulfide) groups is 1. The van der Waals surface area contributed by atoms with Crippen LogP contribution < -0.4 is 5.32 Å². The fraction of sp³-hybridized carbons (Fsp3) is 0.385. The molecule has 4 nitrogen and oxygen atoms in total. The van der Waals surface area contributed by atoms with Gasteiger partial charge in [0.05, 0.1) is 0 Å². The molecule has 1 aromatic rings. The average molecular weight is 267 g/mol. The molecule has 0 aliphatic rings. The van der Waals surface area contributed by atoms with Gasteiger partial charge in [-0.25, -0.2) is 0 Å². The molecule has 2 N–H and O–H groups in total. The van der Waals surface area contributed by atoms with Crippen molar-refractivity contribution in [3.63, 3.8) is 0 Å². The van der Waals surface area contributed by atoms with Crippen molar-refractivity contribution in [3.8, 4) is 0 Å². The molecule has 0 aliphatic carbocycles. The van der Waals surface area contributed by atoms with E-state index in [2.05, 4.69) is 5.32 Å². The van der Waals surface area contributed by atoms with Gasteiger partial charge >= 0.3 is 5.97 Å². The lowest BCUT2D eigenvalue weighted by Gasteiger charge is -2.06. The van der Waals surface area contributed by atoms with Crippen LogP contribution in [-0.4, -0.2) is 29.0 Å². The number of aliphatic carboxylic acids is 1. The predicted octanol–water partition coefficient (Wildman–Crippen LogP) is 2.40. The molecule has 0 radical (unpaired) electrons. The normalized spacial score (nSPS) is 10.1. The SMILES string of the molecule is CSCCC(=O)Nc1cccc(CCC(=O)O)c1. The summed E-state index contributed by atoms with van der Waals surface area (Å²) in [5.74, 6) is -0.0333. The number of benzene rings is 1. The number of carboxylic acids is 1. The van der Waals surface area contributed by atoms with Crippen molar-refractivity contribution in [3.05, 3.63) is 29.8 Å². The Morgan fingerprint density at radius 2 is 2.11 bits per heavy atom. The molecule has 1 rings (SSSR count). The van der Waals surface area contributed by atoms with Crippen LogP contribution in [0.15, 0.2) is 24.3 Å². The Morgan fingerprint density at radius 1 is 1.33 bits per heavy atom. The Kier molecular flexibility index (Phi) is 6.28. The second kappa shape index (κ2) is 7.76. The summed E-state index contributed by atoms with van der Waals surface area (Å²) in [6.45, 7) is 0. The highest BCUT2D eigenvalue weighted by molar-refractivity contribution is 7.98. The van der Waals surface area contributed by atoms with Gasteiger partial charge in [0.1, 0.15) is 0 Å². The molecule has 0 aliphatic heterocycles. The van der Waals surface area contributed by atoms with Gasteiger partial charge in [0.15, 0.2) is 0 Å². The molecule has 0 unspecified atom stereocenters. The van der Waals surface area contributed by atoms with Crippen LogP contribution in [0.2, 0.25) is 0 Å². The largest absolute Gasteiger partial charge is 0.481 e. The van der Waals surface area contributed by atoms with Crippen LogP contribution in [0.4, 0.5) is 5.69 Å². The number of amides is 1. The molecular formula is C13H17NO3S. The van der Waals surface area contributed by atoms with E-state index in [4.69, 9.17) is 5.11 Å². The smallest absolute Gasteiger partial charge is 0.303 e. The van der Waals surface area contributed by atoms with Gasteiger partial charge in [0, 0.05) is 24.3 Å². The van der Waals surface area contributed by atoms with Crippen LogP contribution in [0.3, 0.4) is 0 Å². The molecule has 0 saturated heterocycles. The van der Waals surface area contributed by atoms with E-state index < -0.39 is 5.97 Å². The zero-order chi connectivity index (χ0) is 13.4. The molecule has 0 aromatic heterocycles. The lowest BCUT2D eigenvalue weighted by molar-refractivity contribution is -0.137. The molecule has 5 heteroatoms. The van der Waals surface area contributed by atoms with E-state index in [1.807, 2.05) is 24.5 Å². The number of carboxylic acid groups (broad SMARTS) is 1. The van der Waals surface area contributed by atoms with Crippen LogP contribution in [-0.2, 0) is 16.0 Å². The van der Waals surface area contributed by atoms with Crippen molar-refractivity contribution in [2.24, 2.45) is 0 Å². The van der Waals surface area contributed by atoms with E-state index in [0.717, 1.165) is 17.0 Å². The highest BCUT2D eigenvalue weighted by Crippen LogP contribution is 2.13. The molecule has 98 valence electrons. The summed E-state index contributed by atoms with van der Waals surface area (Å²) in [5, 5.41) is 11.4. The molecule has 0 atom stereocenters. The third kappa shape index (κ3) is 5.72. The fourth-order valence-electron chi connectivity index (χ4n) is 1.47. The van der Waals surface area contributed by atoms with Crippen molar-refractivity contribution in [2.45, 2.75) is 19.3 Å². The lowest BCUT2D eigenvalue weighted by Crippen LogP contribution is -2.12. The maximum atomic E-state index is 11.5. The molecule has 0 heterocycles. The Morgan fingerprint density at radius 3 is 2.78 bits per heavy atom. The summed E-state index contributed by atoms with van der Waals surface area (Å²) in [7, 11) is 0. The van der Waals surface area contributed by atoms with E-state index in [9.17, 15) is 9.59 Å². The zero-order valence-corrected chi connectivity index (χ0v) is 11.1. The summed E-state index contributed by atoms with van der Waals surface area (Å²) in [5.41, 5.74) is 1.64. The Hall–Kier alpha value is -1.49. The summed E-state index contributed by atoms with van der Waals surface area (Å²) >= 11 is 1.63. The van der Waals surface area contributed by atoms with Crippen LogP contribution in [0.1, 0.15) is 18.4 Å². The molecular weight excluding hydrogens is 250 g/mol. The van der Waals surface area contributed by atoms with E-state index in [-0.39, 0.29) is 12.3 Å². The van der Waals surface area contributed by atoms with Crippen molar-refractivity contribution in [1.82, 2.24) is 0 Å². The summed E-state index contributed by atoms with van der Waals surface area (Å²) < 4.78 is 0. The molecule has 0 bridgehead atoms. The number of hydrogen-bond acceptors (Lipinski definition) is 3. The van der Waals surface area contributed by atoms with Crippen molar-refractivity contribution < 1.29 is 14.7 Å². The second-order valence-electron chi connectivity index (χ2n) is 3.89. The van der Waals surface area contributed by atoms with Gasteiger partial charge in [0.25, 0.3) is 0 Å². The number of nitrogens with one attached hydrogen (secondary N) is 1. The van der Waals surface area contributed by atoms with Crippen LogP contribution in [0, 0.1) is 0 Å². The lowest BCUT2D eigenvalue weighted by atomic mass is 10.1. The third-order valence-corrected chi connectivity index (χ3v) is 2.98. The second-order valence-corrected chi connectivity index (χ2v) is 4.87. The van der Waals surface area contributed by atoms with E-state index in [1.54, 1.807) is 17.8 Å². The first-order valence-corrected chi connectivity index (χ1v) is 7.10. The minimum Gasteiger partial charge on any atom is -0.481 e. The summed E-state index contributed by atoms with van der Waals surface area (Å²) in [6.07, 6.45) is 3.02. The van der Waals surface area contributed by atoms with Gasteiger partial charge in [-0.1, -0.05) is 12.1 Å².